The molecule has 0 unspecified atom stereocenters. The van der Waals surface area contributed by atoms with Crippen molar-refractivity contribution in [2.24, 2.45) is 0 Å². The molecule has 2 N–H and O–H groups in total. The van der Waals surface area contributed by atoms with Gasteiger partial charge in [-0.05, 0) is 65.4 Å². The van der Waals surface area contributed by atoms with Gasteiger partial charge in [0, 0.05) is 15.5 Å². The standard InChI is InChI=1S/C21H20IN3O3/c1-2-3-12-28-21(27)18-6-4-5-7-19(18)25-20(26)15(13-23)14-24-17-10-8-16(22)9-11-17/h4-11,14,24H,2-3,12H2,1H3,(H,25,26)/b15-14-. The van der Waals surface area contributed by atoms with E-state index in [-0.39, 0.29) is 11.1 Å². The van der Waals surface area contributed by atoms with E-state index in [0.717, 1.165) is 22.1 Å². The zero-order chi connectivity index (χ0) is 20.4. The highest BCUT2D eigenvalue weighted by atomic mass is 127. The molecule has 0 heterocycles. The molecule has 2 aromatic rings. The predicted molar refractivity (Wildman–Crippen MR) is 117 cm³/mol. The van der Waals surface area contributed by atoms with Crippen LogP contribution in [0.3, 0.4) is 0 Å². The Balaban J connectivity index is 2.10. The Morgan fingerprint density at radius 1 is 1.18 bits per heavy atom. The number of ether oxygens (including phenoxy) is 1. The topological polar surface area (TPSA) is 91.2 Å². The Hall–Kier alpha value is -2.86. The van der Waals surface area contributed by atoms with Crippen molar-refractivity contribution in [2.75, 3.05) is 17.2 Å². The second kappa shape index (κ2) is 11.1. The number of halogens is 1. The van der Waals surface area contributed by atoms with Gasteiger partial charge in [0.25, 0.3) is 5.91 Å². The smallest absolute Gasteiger partial charge is 0.340 e. The Morgan fingerprint density at radius 3 is 2.57 bits per heavy atom. The third-order valence-electron chi connectivity index (χ3n) is 3.72. The maximum absolute atomic E-state index is 12.5. The van der Waals surface area contributed by atoms with Crippen molar-refractivity contribution < 1.29 is 14.3 Å². The number of anilines is 2. The number of rotatable bonds is 8. The number of esters is 1. The second-order valence-electron chi connectivity index (χ2n) is 5.81. The summed E-state index contributed by atoms with van der Waals surface area (Å²) in [6, 6.07) is 15.9. The average molecular weight is 489 g/mol. The number of nitrogens with one attached hydrogen (secondary N) is 2. The maximum atomic E-state index is 12.5. The number of hydrogen-bond donors (Lipinski definition) is 2. The molecule has 0 fully saturated rings. The van der Waals surface area contributed by atoms with Gasteiger partial charge >= 0.3 is 5.97 Å². The molecule has 144 valence electrons. The SMILES string of the molecule is CCCCOC(=O)c1ccccc1NC(=O)/C(C#N)=C\Nc1ccc(I)cc1. The maximum Gasteiger partial charge on any atom is 0.340 e. The third-order valence-corrected chi connectivity index (χ3v) is 4.44. The van der Waals surface area contributed by atoms with Crippen LogP contribution in [0.2, 0.25) is 0 Å². The van der Waals surface area contributed by atoms with Gasteiger partial charge in [-0.1, -0.05) is 25.5 Å². The molecule has 7 heteroatoms. The van der Waals surface area contributed by atoms with Crippen LogP contribution in [0, 0.1) is 14.9 Å². The molecule has 2 rings (SSSR count). The molecule has 6 nitrogen and oxygen atoms in total. The van der Waals surface area contributed by atoms with Gasteiger partial charge in [-0.3, -0.25) is 4.79 Å². The van der Waals surface area contributed by atoms with Crippen LogP contribution in [-0.2, 0) is 9.53 Å². The van der Waals surface area contributed by atoms with Gasteiger partial charge in [0.2, 0.25) is 0 Å². The lowest BCUT2D eigenvalue weighted by molar-refractivity contribution is -0.112. The van der Waals surface area contributed by atoms with E-state index in [1.807, 2.05) is 37.3 Å². The van der Waals surface area contributed by atoms with E-state index in [1.54, 1.807) is 24.3 Å². The van der Waals surface area contributed by atoms with E-state index in [1.165, 1.54) is 6.20 Å². The molecule has 0 saturated heterocycles. The Bertz CT molecular complexity index is 902. The lowest BCUT2D eigenvalue weighted by Crippen LogP contribution is -2.17. The predicted octanol–water partition coefficient (Wildman–Crippen LogP) is 4.71. The van der Waals surface area contributed by atoms with Crippen molar-refractivity contribution in [2.45, 2.75) is 19.8 Å². The van der Waals surface area contributed by atoms with Crippen LogP contribution in [0.4, 0.5) is 11.4 Å². The van der Waals surface area contributed by atoms with Gasteiger partial charge in [-0.15, -0.1) is 0 Å². The Kier molecular flexibility index (Phi) is 8.49. The number of para-hydroxylation sites is 1. The molecule has 0 bridgehead atoms. The van der Waals surface area contributed by atoms with Gasteiger partial charge < -0.3 is 15.4 Å². The van der Waals surface area contributed by atoms with E-state index in [4.69, 9.17) is 4.74 Å². The summed E-state index contributed by atoms with van der Waals surface area (Å²) in [5, 5.41) is 14.8. The van der Waals surface area contributed by atoms with Gasteiger partial charge in [-0.25, -0.2) is 4.79 Å². The third kappa shape index (κ3) is 6.39. The van der Waals surface area contributed by atoms with Crippen LogP contribution in [0.15, 0.2) is 60.3 Å². The van der Waals surface area contributed by atoms with E-state index in [0.29, 0.717) is 12.3 Å². The quantitative estimate of drug-likeness (QED) is 0.184. The summed E-state index contributed by atoms with van der Waals surface area (Å²) in [7, 11) is 0. The van der Waals surface area contributed by atoms with Gasteiger partial charge in [0.15, 0.2) is 0 Å². The average Bonchev–Trinajstić information content (AvgIpc) is 2.70. The highest BCUT2D eigenvalue weighted by Gasteiger charge is 2.16. The number of benzene rings is 2. The summed E-state index contributed by atoms with van der Waals surface area (Å²) in [6.07, 6.45) is 3.01. The van der Waals surface area contributed by atoms with Gasteiger partial charge in [0.05, 0.1) is 17.9 Å². The van der Waals surface area contributed by atoms with Crippen LogP contribution in [0.25, 0.3) is 0 Å². The molecule has 0 saturated carbocycles. The fraction of sp³-hybridized carbons (Fsp3) is 0.190. The van der Waals surface area contributed by atoms with Crippen molar-refractivity contribution in [3.8, 4) is 6.07 Å². The summed E-state index contributed by atoms with van der Waals surface area (Å²) in [6.45, 7) is 2.32. The molecule has 1 amide bonds. The Morgan fingerprint density at radius 2 is 1.89 bits per heavy atom. The van der Waals surface area contributed by atoms with Crippen LogP contribution in [0.5, 0.6) is 0 Å². The highest BCUT2D eigenvalue weighted by Crippen LogP contribution is 2.18. The molecule has 0 aliphatic rings. The number of nitriles is 1. The van der Waals surface area contributed by atoms with Crippen LogP contribution < -0.4 is 10.6 Å². The summed E-state index contributed by atoms with van der Waals surface area (Å²) >= 11 is 2.19. The first kappa shape index (κ1) is 21.4. The largest absolute Gasteiger partial charge is 0.462 e. The summed E-state index contributed by atoms with van der Waals surface area (Å²) in [5.41, 5.74) is 1.17. The fourth-order valence-electron chi connectivity index (χ4n) is 2.20. The number of nitrogens with zero attached hydrogens (tertiary/aromatic N) is 1. The van der Waals surface area contributed by atoms with Crippen molar-refractivity contribution in [1.29, 1.82) is 5.26 Å². The van der Waals surface area contributed by atoms with Crippen LogP contribution >= 0.6 is 22.6 Å². The lowest BCUT2D eigenvalue weighted by atomic mass is 10.1. The molecular weight excluding hydrogens is 469 g/mol. The first-order chi connectivity index (χ1) is 13.5. The molecule has 0 radical (unpaired) electrons. The van der Waals surface area contributed by atoms with E-state index >= 15 is 0 Å². The molecule has 2 aromatic carbocycles. The molecule has 0 aliphatic carbocycles. The highest BCUT2D eigenvalue weighted by molar-refractivity contribution is 14.1. The van der Waals surface area contributed by atoms with Crippen molar-refractivity contribution in [3.63, 3.8) is 0 Å². The monoisotopic (exact) mass is 489 g/mol. The minimum Gasteiger partial charge on any atom is -0.462 e. The van der Waals surface area contributed by atoms with Crippen molar-refractivity contribution >= 4 is 45.8 Å². The molecular formula is C21H20IN3O3. The van der Waals surface area contributed by atoms with E-state index in [2.05, 4.69) is 33.2 Å². The van der Waals surface area contributed by atoms with E-state index in [9.17, 15) is 14.9 Å². The number of unbranched alkanes of at least 4 members (excludes halogenated alkanes) is 1. The second-order valence-corrected chi connectivity index (χ2v) is 7.06. The van der Waals surface area contributed by atoms with Crippen LogP contribution in [0.1, 0.15) is 30.1 Å². The molecule has 0 aromatic heterocycles. The van der Waals surface area contributed by atoms with Crippen molar-refractivity contribution in [1.82, 2.24) is 0 Å². The van der Waals surface area contributed by atoms with Crippen molar-refractivity contribution in [3.05, 3.63) is 69.4 Å². The first-order valence-corrected chi connectivity index (χ1v) is 9.83. The molecule has 28 heavy (non-hydrogen) atoms. The van der Waals surface area contributed by atoms with Gasteiger partial charge in [0.1, 0.15) is 11.6 Å². The molecule has 0 aliphatic heterocycles. The summed E-state index contributed by atoms with van der Waals surface area (Å²) in [5.74, 6) is -1.13. The number of carbonyl (C=O) groups is 2. The zero-order valence-corrected chi connectivity index (χ0v) is 17.5. The minimum atomic E-state index is -0.616. The summed E-state index contributed by atoms with van der Waals surface area (Å²) in [4.78, 5) is 24.7. The molecule has 0 atom stereocenters. The minimum absolute atomic E-state index is 0.118. The Labute approximate surface area is 177 Å². The summed E-state index contributed by atoms with van der Waals surface area (Å²) < 4.78 is 6.29. The lowest BCUT2D eigenvalue weighted by Gasteiger charge is -2.10. The first-order valence-electron chi connectivity index (χ1n) is 8.75. The zero-order valence-electron chi connectivity index (χ0n) is 15.4. The fourth-order valence-corrected chi connectivity index (χ4v) is 2.56. The van der Waals surface area contributed by atoms with E-state index < -0.39 is 11.9 Å². The molecule has 0 spiro atoms. The number of amides is 1. The van der Waals surface area contributed by atoms with Crippen LogP contribution in [-0.4, -0.2) is 18.5 Å². The van der Waals surface area contributed by atoms with Gasteiger partial charge in [-0.2, -0.15) is 5.26 Å². The normalized spacial score (nSPS) is 10.7. The number of hydrogen-bond acceptors (Lipinski definition) is 5. The number of carbonyl (C=O) groups excluding carboxylic acids is 2.